The van der Waals surface area contributed by atoms with Gasteiger partial charge in [0.05, 0.1) is 12.9 Å². The summed E-state index contributed by atoms with van der Waals surface area (Å²) in [4.78, 5) is 4.21. The Bertz CT molecular complexity index is 196. The van der Waals surface area contributed by atoms with E-state index in [1.807, 2.05) is 13.0 Å². The smallest absolute Gasteiger partial charge is 0.0942 e. The maximum atomic E-state index is 5.06. The van der Waals surface area contributed by atoms with E-state index in [0.717, 1.165) is 11.5 Å². The van der Waals surface area contributed by atoms with E-state index in [0.29, 0.717) is 0 Å². The fourth-order valence-corrected chi connectivity index (χ4v) is 0.868. The van der Waals surface area contributed by atoms with Crippen molar-refractivity contribution in [3.8, 4) is 0 Å². The number of rotatable bonds is 2. The van der Waals surface area contributed by atoms with Crippen LogP contribution in [0.4, 0.5) is 0 Å². The molecule has 0 bridgehead atoms. The second kappa shape index (κ2) is 4.29. The van der Waals surface area contributed by atoms with Gasteiger partial charge in [0, 0.05) is 18.2 Å². The van der Waals surface area contributed by atoms with Crippen LogP contribution in [0.5, 0.6) is 0 Å². The molecule has 0 aromatic carbocycles. The Morgan fingerprint density at radius 3 is 2.08 bits per heavy atom. The molecule has 2 heteroatoms. The second-order valence-electron chi connectivity index (χ2n) is 3.82. The lowest BCUT2D eigenvalue weighted by Crippen LogP contribution is -2.18. The summed E-state index contributed by atoms with van der Waals surface area (Å²) in [6.07, 6.45) is 1.97. The van der Waals surface area contributed by atoms with E-state index >= 15 is 0 Å². The van der Waals surface area contributed by atoms with Gasteiger partial charge in [-0.25, -0.2) is 0 Å². The van der Waals surface area contributed by atoms with Crippen molar-refractivity contribution in [1.29, 1.82) is 0 Å². The van der Waals surface area contributed by atoms with Gasteiger partial charge in [0.2, 0.25) is 0 Å². The predicted octanol–water partition coefficient (Wildman–Crippen LogP) is 2.65. The molecule has 0 amide bonds. The number of ether oxygens (including phenoxy) is 1. The molecule has 0 unspecified atom stereocenters. The van der Waals surface area contributed by atoms with Crippen LogP contribution in [0, 0.1) is 5.41 Å². The summed E-state index contributed by atoms with van der Waals surface area (Å²) in [6.45, 7) is 8.33. The lowest BCUT2D eigenvalue weighted by molar-refractivity contribution is 0.294. The third kappa shape index (κ3) is 3.56. The molecule has 2 nitrogen and oxygen atoms in total. The summed E-state index contributed by atoms with van der Waals surface area (Å²) in [5, 5.41) is 0. The molecule has 0 aliphatic carbocycles. The molecule has 0 rings (SSSR count). The molecule has 0 saturated heterocycles. The SMILES string of the molecule is CN=C(C=C(C)OC)C(C)(C)C. The van der Waals surface area contributed by atoms with Crippen LogP contribution in [0.25, 0.3) is 0 Å². The van der Waals surface area contributed by atoms with Crippen LogP contribution in [-0.2, 0) is 4.74 Å². The predicted molar refractivity (Wildman–Crippen MR) is 53.6 cm³/mol. The minimum Gasteiger partial charge on any atom is -0.501 e. The van der Waals surface area contributed by atoms with Crippen LogP contribution in [0.1, 0.15) is 27.7 Å². The van der Waals surface area contributed by atoms with Crippen molar-refractivity contribution in [3.05, 3.63) is 11.8 Å². The van der Waals surface area contributed by atoms with Gasteiger partial charge in [-0.3, -0.25) is 4.99 Å². The Morgan fingerprint density at radius 2 is 1.83 bits per heavy atom. The molecular weight excluding hydrogens is 150 g/mol. The topological polar surface area (TPSA) is 21.6 Å². The first-order valence-corrected chi connectivity index (χ1v) is 4.11. The molecule has 0 spiro atoms. The second-order valence-corrected chi connectivity index (χ2v) is 3.82. The molecule has 12 heavy (non-hydrogen) atoms. The van der Waals surface area contributed by atoms with Gasteiger partial charge < -0.3 is 4.74 Å². The van der Waals surface area contributed by atoms with Crippen LogP contribution in [0.3, 0.4) is 0 Å². The van der Waals surface area contributed by atoms with Gasteiger partial charge >= 0.3 is 0 Å². The maximum absolute atomic E-state index is 5.06. The van der Waals surface area contributed by atoms with Crippen molar-refractivity contribution in [2.45, 2.75) is 27.7 Å². The standard InChI is InChI=1S/C10H19NO/c1-8(12-6)7-9(11-5)10(2,3)4/h7H,1-6H3. The van der Waals surface area contributed by atoms with Crippen LogP contribution < -0.4 is 0 Å². The van der Waals surface area contributed by atoms with Crippen molar-refractivity contribution in [2.75, 3.05) is 14.2 Å². The minimum atomic E-state index is 0.0918. The van der Waals surface area contributed by atoms with Gasteiger partial charge in [0.15, 0.2) is 0 Å². The number of hydrogen-bond acceptors (Lipinski definition) is 2. The minimum absolute atomic E-state index is 0.0918. The summed E-state index contributed by atoms with van der Waals surface area (Å²) in [6, 6.07) is 0. The van der Waals surface area contributed by atoms with Gasteiger partial charge in [-0.05, 0) is 13.0 Å². The molecule has 0 aliphatic rings. The molecule has 0 radical (unpaired) electrons. The largest absolute Gasteiger partial charge is 0.501 e. The first-order chi connectivity index (χ1) is 5.41. The Labute approximate surface area is 75.3 Å². The molecule has 70 valence electrons. The van der Waals surface area contributed by atoms with Crippen LogP contribution in [0.15, 0.2) is 16.8 Å². The first-order valence-electron chi connectivity index (χ1n) is 4.11. The van der Waals surface area contributed by atoms with Crippen LogP contribution in [-0.4, -0.2) is 19.9 Å². The summed E-state index contributed by atoms with van der Waals surface area (Å²) < 4.78 is 5.06. The lowest BCUT2D eigenvalue weighted by atomic mass is 9.89. The van der Waals surface area contributed by atoms with E-state index in [-0.39, 0.29) is 5.41 Å². The molecule has 0 N–H and O–H groups in total. The van der Waals surface area contributed by atoms with E-state index in [4.69, 9.17) is 4.74 Å². The highest BCUT2D eigenvalue weighted by Crippen LogP contribution is 2.17. The molecule has 0 aromatic heterocycles. The van der Waals surface area contributed by atoms with Crippen molar-refractivity contribution in [2.24, 2.45) is 10.4 Å². The molecule has 0 heterocycles. The van der Waals surface area contributed by atoms with E-state index in [1.54, 1.807) is 14.2 Å². The third-order valence-corrected chi connectivity index (χ3v) is 1.67. The van der Waals surface area contributed by atoms with Crippen molar-refractivity contribution < 1.29 is 4.74 Å². The fourth-order valence-electron chi connectivity index (χ4n) is 0.868. The summed E-state index contributed by atoms with van der Waals surface area (Å²) in [5.41, 5.74) is 1.15. The highest BCUT2D eigenvalue weighted by Gasteiger charge is 2.16. The average Bonchev–Trinajstić information content (AvgIpc) is 1.97. The molecule has 0 fully saturated rings. The van der Waals surface area contributed by atoms with Crippen LogP contribution >= 0.6 is 0 Å². The quantitative estimate of drug-likeness (QED) is 0.460. The molecular formula is C10H19NO. The third-order valence-electron chi connectivity index (χ3n) is 1.67. The molecule has 0 saturated carbocycles. The van der Waals surface area contributed by atoms with E-state index in [1.165, 1.54) is 0 Å². The average molecular weight is 169 g/mol. The van der Waals surface area contributed by atoms with Gasteiger partial charge in [-0.15, -0.1) is 0 Å². The van der Waals surface area contributed by atoms with E-state index in [2.05, 4.69) is 25.8 Å². The Morgan fingerprint density at radius 1 is 1.33 bits per heavy atom. The molecule has 0 aromatic rings. The monoisotopic (exact) mass is 169 g/mol. The molecule has 0 aliphatic heterocycles. The number of methoxy groups -OCH3 is 1. The molecule has 0 atom stereocenters. The number of nitrogens with zero attached hydrogens (tertiary/aromatic N) is 1. The van der Waals surface area contributed by atoms with Gasteiger partial charge in [-0.2, -0.15) is 0 Å². The van der Waals surface area contributed by atoms with Crippen molar-refractivity contribution >= 4 is 5.71 Å². The zero-order valence-electron chi connectivity index (χ0n) is 8.93. The summed E-state index contributed by atoms with van der Waals surface area (Å²) >= 11 is 0. The van der Waals surface area contributed by atoms with Gasteiger partial charge in [0.25, 0.3) is 0 Å². The number of allylic oxidation sites excluding steroid dienone is 2. The van der Waals surface area contributed by atoms with Gasteiger partial charge in [-0.1, -0.05) is 20.8 Å². The van der Waals surface area contributed by atoms with Crippen LogP contribution in [0.2, 0.25) is 0 Å². The lowest BCUT2D eigenvalue weighted by Gasteiger charge is -2.18. The highest BCUT2D eigenvalue weighted by molar-refractivity contribution is 5.99. The Hall–Kier alpha value is -0.790. The van der Waals surface area contributed by atoms with Gasteiger partial charge in [0.1, 0.15) is 0 Å². The Balaban J connectivity index is 4.63. The van der Waals surface area contributed by atoms with Crippen molar-refractivity contribution in [3.63, 3.8) is 0 Å². The zero-order chi connectivity index (χ0) is 9.78. The summed E-state index contributed by atoms with van der Waals surface area (Å²) in [5.74, 6) is 0.894. The highest BCUT2D eigenvalue weighted by atomic mass is 16.5. The maximum Gasteiger partial charge on any atom is 0.0942 e. The summed E-state index contributed by atoms with van der Waals surface area (Å²) in [7, 11) is 3.47. The van der Waals surface area contributed by atoms with Crippen molar-refractivity contribution in [1.82, 2.24) is 0 Å². The van der Waals surface area contributed by atoms with E-state index < -0.39 is 0 Å². The first kappa shape index (κ1) is 11.2. The Kier molecular flexibility index (Phi) is 4.01. The van der Waals surface area contributed by atoms with E-state index in [9.17, 15) is 0 Å². The normalized spacial score (nSPS) is 14.8. The zero-order valence-corrected chi connectivity index (χ0v) is 8.93. The fraction of sp³-hybridized carbons (Fsp3) is 0.700. The number of hydrogen-bond donors (Lipinski definition) is 0. The number of aliphatic imine (C=N–C) groups is 1.